The maximum atomic E-state index is 3.90. The molecule has 0 saturated carbocycles. The van der Waals surface area contributed by atoms with E-state index in [-0.39, 0.29) is 0 Å². The van der Waals surface area contributed by atoms with Gasteiger partial charge in [0.1, 0.15) is 0 Å². The van der Waals surface area contributed by atoms with Crippen molar-refractivity contribution >= 4 is 55.5 Å². The molecule has 1 aliphatic heterocycles. The summed E-state index contributed by atoms with van der Waals surface area (Å²) in [7, 11) is 0. The van der Waals surface area contributed by atoms with Gasteiger partial charge in [-0.3, -0.25) is 0 Å². The van der Waals surface area contributed by atoms with Crippen LogP contribution in [0, 0.1) is 0 Å². The normalized spacial score (nSPS) is 12.5. The molecular formula is C28H18BrNS. The summed E-state index contributed by atoms with van der Waals surface area (Å²) in [6.07, 6.45) is 0. The topological polar surface area (TPSA) is 3.24 Å². The van der Waals surface area contributed by atoms with Gasteiger partial charge in [-0.25, -0.2) is 0 Å². The molecule has 0 amide bonds. The predicted molar refractivity (Wildman–Crippen MR) is 136 cm³/mol. The highest BCUT2D eigenvalue weighted by Gasteiger charge is 2.27. The Morgan fingerprint density at radius 2 is 1.35 bits per heavy atom. The molecule has 31 heavy (non-hydrogen) atoms. The van der Waals surface area contributed by atoms with Crippen LogP contribution in [0.3, 0.4) is 0 Å². The number of rotatable bonds is 2. The van der Waals surface area contributed by atoms with Crippen LogP contribution >= 0.6 is 27.7 Å². The Balaban J connectivity index is 1.60. The molecule has 0 atom stereocenters. The molecule has 0 fully saturated rings. The first kappa shape index (κ1) is 18.7. The minimum atomic E-state index is 1.08. The number of benzene rings is 5. The number of nitrogens with zero attached hydrogens (tertiary/aromatic N) is 1. The maximum absolute atomic E-state index is 3.90. The van der Waals surface area contributed by atoms with Crippen molar-refractivity contribution in [3.8, 4) is 11.1 Å². The standard InChI is InChI=1S/C28H18BrNS/c29-23-18-21(19-8-2-1-3-9-19)14-16-24(23)30-25-12-6-7-13-26(25)31-27-17-15-20-10-4-5-11-22(20)28(27)30/h1-18H. The monoisotopic (exact) mass is 479 g/mol. The summed E-state index contributed by atoms with van der Waals surface area (Å²) in [5.74, 6) is 0. The third-order valence-electron chi connectivity index (χ3n) is 5.71. The van der Waals surface area contributed by atoms with Crippen LogP contribution in [0.5, 0.6) is 0 Å². The minimum absolute atomic E-state index is 1.08. The summed E-state index contributed by atoms with van der Waals surface area (Å²) in [4.78, 5) is 4.95. The van der Waals surface area contributed by atoms with Crippen LogP contribution < -0.4 is 4.90 Å². The van der Waals surface area contributed by atoms with Gasteiger partial charge in [0.05, 0.1) is 17.1 Å². The number of halogens is 1. The fourth-order valence-electron chi connectivity index (χ4n) is 4.26. The predicted octanol–water partition coefficient (Wildman–Crippen LogP) is 9.20. The van der Waals surface area contributed by atoms with Gasteiger partial charge in [0.15, 0.2) is 0 Å². The fraction of sp³-hybridized carbons (Fsp3) is 0. The van der Waals surface area contributed by atoms with E-state index in [0.29, 0.717) is 0 Å². The first-order chi connectivity index (χ1) is 15.3. The molecule has 0 spiro atoms. The number of fused-ring (bicyclic) bond motifs is 4. The highest BCUT2D eigenvalue weighted by Crippen LogP contribution is 2.54. The minimum Gasteiger partial charge on any atom is -0.306 e. The van der Waals surface area contributed by atoms with Crippen LogP contribution in [0.4, 0.5) is 17.1 Å². The number of anilines is 3. The van der Waals surface area contributed by atoms with Crippen molar-refractivity contribution in [2.45, 2.75) is 9.79 Å². The second-order valence-electron chi connectivity index (χ2n) is 7.57. The molecule has 0 radical (unpaired) electrons. The van der Waals surface area contributed by atoms with Crippen molar-refractivity contribution in [1.29, 1.82) is 0 Å². The molecular weight excluding hydrogens is 462 g/mol. The first-order valence-electron chi connectivity index (χ1n) is 10.2. The molecule has 5 aromatic rings. The lowest BCUT2D eigenvalue weighted by atomic mass is 10.0. The van der Waals surface area contributed by atoms with Gasteiger partial charge >= 0.3 is 0 Å². The van der Waals surface area contributed by atoms with Crippen molar-refractivity contribution in [2.24, 2.45) is 0 Å². The highest BCUT2D eigenvalue weighted by molar-refractivity contribution is 9.10. The third kappa shape index (κ3) is 3.16. The highest BCUT2D eigenvalue weighted by atomic mass is 79.9. The zero-order chi connectivity index (χ0) is 20.8. The molecule has 0 aliphatic carbocycles. The van der Waals surface area contributed by atoms with Crippen LogP contribution in [0.15, 0.2) is 123 Å². The van der Waals surface area contributed by atoms with Gasteiger partial charge in [0, 0.05) is 19.6 Å². The largest absolute Gasteiger partial charge is 0.306 e. The maximum Gasteiger partial charge on any atom is 0.0680 e. The summed E-state index contributed by atoms with van der Waals surface area (Å²) in [5.41, 5.74) is 6.02. The van der Waals surface area contributed by atoms with Crippen molar-refractivity contribution in [1.82, 2.24) is 0 Å². The lowest BCUT2D eigenvalue weighted by Crippen LogP contribution is -2.15. The van der Waals surface area contributed by atoms with E-state index in [0.717, 1.165) is 10.2 Å². The molecule has 0 unspecified atom stereocenters. The van der Waals surface area contributed by atoms with Crippen LogP contribution in [0.1, 0.15) is 0 Å². The molecule has 6 rings (SSSR count). The van der Waals surface area contributed by atoms with Gasteiger partial charge in [-0.15, -0.1) is 0 Å². The zero-order valence-corrected chi connectivity index (χ0v) is 19.0. The van der Waals surface area contributed by atoms with E-state index in [9.17, 15) is 0 Å². The average Bonchev–Trinajstić information content (AvgIpc) is 2.83. The number of para-hydroxylation sites is 1. The van der Waals surface area contributed by atoms with Crippen LogP contribution in [-0.4, -0.2) is 0 Å². The molecule has 0 aromatic heterocycles. The molecule has 3 heteroatoms. The van der Waals surface area contributed by atoms with Crippen molar-refractivity contribution in [3.05, 3.63) is 114 Å². The van der Waals surface area contributed by atoms with E-state index in [2.05, 4.69) is 130 Å². The Hall–Kier alpha value is -3.01. The molecule has 1 nitrogen and oxygen atoms in total. The van der Waals surface area contributed by atoms with Gasteiger partial charge in [0.2, 0.25) is 0 Å². The molecule has 1 aliphatic rings. The Labute approximate surface area is 194 Å². The molecule has 0 bridgehead atoms. The lowest BCUT2D eigenvalue weighted by Gasteiger charge is -2.34. The average molecular weight is 480 g/mol. The van der Waals surface area contributed by atoms with E-state index >= 15 is 0 Å². The van der Waals surface area contributed by atoms with Gasteiger partial charge in [-0.05, 0) is 62.8 Å². The Kier molecular flexibility index (Phi) is 4.59. The number of hydrogen-bond donors (Lipinski definition) is 0. The SMILES string of the molecule is Brc1cc(-c2ccccc2)ccc1N1c2ccccc2Sc2ccc3ccccc3c21. The van der Waals surface area contributed by atoms with Gasteiger partial charge < -0.3 is 4.90 Å². The smallest absolute Gasteiger partial charge is 0.0680 e. The zero-order valence-electron chi connectivity index (χ0n) is 16.6. The van der Waals surface area contributed by atoms with E-state index in [1.165, 1.54) is 43.1 Å². The van der Waals surface area contributed by atoms with Gasteiger partial charge in [0.25, 0.3) is 0 Å². The molecule has 5 aromatic carbocycles. The van der Waals surface area contributed by atoms with Gasteiger partial charge in [-0.1, -0.05) is 90.6 Å². The summed E-state index contributed by atoms with van der Waals surface area (Å²) < 4.78 is 1.08. The molecule has 0 saturated heterocycles. The molecule has 1 heterocycles. The Morgan fingerprint density at radius 1 is 0.581 bits per heavy atom. The molecule has 148 valence electrons. The van der Waals surface area contributed by atoms with Crippen LogP contribution in [-0.2, 0) is 0 Å². The summed E-state index contributed by atoms with van der Waals surface area (Å²) in [6.45, 7) is 0. The van der Waals surface area contributed by atoms with E-state index in [4.69, 9.17) is 0 Å². The van der Waals surface area contributed by atoms with Crippen LogP contribution in [0.25, 0.3) is 21.9 Å². The summed E-state index contributed by atoms with van der Waals surface area (Å²) >= 11 is 5.74. The van der Waals surface area contributed by atoms with E-state index < -0.39 is 0 Å². The van der Waals surface area contributed by atoms with E-state index in [1.54, 1.807) is 0 Å². The second-order valence-corrected chi connectivity index (χ2v) is 9.51. The van der Waals surface area contributed by atoms with Crippen molar-refractivity contribution in [3.63, 3.8) is 0 Å². The molecule has 0 N–H and O–H groups in total. The van der Waals surface area contributed by atoms with E-state index in [1.807, 2.05) is 11.8 Å². The second kappa shape index (κ2) is 7.60. The van der Waals surface area contributed by atoms with Gasteiger partial charge in [-0.2, -0.15) is 0 Å². The quantitative estimate of drug-likeness (QED) is 0.243. The Morgan fingerprint density at radius 3 is 2.23 bits per heavy atom. The van der Waals surface area contributed by atoms with Crippen molar-refractivity contribution in [2.75, 3.05) is 4.90 Å². The first-order valence-corrected chi connectivity index (χ1v) is 11.8. The third-order valence-corrected chi connectivity index (χ3v) is 7.46. The fourth-order valence-corrected chi connectivity index (χ4v) is 5.90. The lowest BCUT2D eigenvalue weighted by molar-refractivity contribution is 1.17. The summed E-state index contributed by atoms with van der Waals surface area (Å²) in [6, 6.07) is 38.9. The Bertz CT molecular complexity index is 1430. The number of hydrogen-bond acceptors (Lipinski definition) is 2. The van der Waals surface area contributed by atoms with Crippen molar-refractivity contribution < 1.29 is 0 Å². The van der Waals surface area contributed by atoms with Crippen LogP contribution in [0.2, 0.25) is 0 Å². The summed E-state index contributed by atoms with van der Waals surface area (Å²) in [5, 5.41) is 2.52.